The first-order valence-electron chi connectivity index (χ1n) is 6.29. The van der Waals surface area contributed by atoms with Gasteiger partial charge < -0.3 is 10.1 Å². The first kappa shape index (κ1) is 14.5. The Balaban J connectivity index is 2.27. The number of aromatic nitrogens is 1. The van der Waals surface area contributed by atoms with E-state index in [2.05, 4.69) is 26.2 Å². The molecule has 1 aromatic carbocycles. The van der Waals surface area contributed by atoms with Crippen molar-refractivity contribution < 1.29 is 9.53 Å². The van der Waals surface area contributed by atoms with Gasteiger partial charge in [-0.15, -0.1) is 0 Å². The molecule has 1 heterocycles. The second-order valence-corrected chi connectivity index (χ2v) is 5.05. The molecule has 5 heteroatoms. The Morgan fingerprint density at radius 1 is 1.35 bits per heavy atom. The highest BCUT2D eigenvalue weighted by Gasteiger charge is 2.22. The molecule has 4 nitrogen and oxygen atoms in total. The van der Waals surface area contributed by atoms with Crippen LogP contribution in [0.1, 0.15) is 18.5 Å². The second-order valence-electron chi connectivity index (χ2n) is 4.13. The molecule has 2 rings (SSSR count). The molecule has 1 N–H and O–H groups in total. The van der Waals surface area contributed by atoms with Crippen LogP contribution in [0.15, 0.2) is 53.3 Å². The van der Waals surface area contributed by atoms with E-state index in [9.17, 15) is 4.79 Å². The molecule has 0 aliphatic heterocycles. The van der Waals surface area contributed by atoms with Crippen LogP contribution in [0.5, 0.6) is 0 Å². The van der Waals surface area contributed by atoms with E-state index in [1.807, 2.05) is 36.4 Å². The zero-order chi connectivity index (χ0) is 14.4. The number of halogens is 1. The lowest BCUT2D eigenvalue weighted by molar-refractivity contribution is -0.144. The predicted molar refractivity (Wildman–Crippen MR) is 81.4 cm³/mol. The number of hydrogen-bond acceptors (Lipinski definition) is 4. The van der Waals surface area contributed by atoms with Crippen LogP contribution in [-0.4, -0.2) is 17.6 Å². The van der Waals surface area contributed by atoms with E-state index in [1.165, 1.54) is 0 Å². The summed E-state index contributed by atoms with van der Waals surface area (Å²) in [6, 6.07) is 10.8. The Labute approximate surface area is 126 Å². The number of anilines is 1. The molecule has 1 atom stereocenters. The van der Waals surface area contributed by atoms with Crippen LogP contribution in [0.2, 0.25) is 0 Å². The van der Waals surface area contributed by atoms with Crippen LogP contribution in [0, 0.1) is 0 Å². The van der Waals surface area contributed by atoms with Crippen LogP contribution in [0.4, 0.5) is 5.69 Å². The average Bonchev–Trinajstić information content (AvgIpc) is 2.46. The van der Waals surface area contributed by atoms with E-state index < -0.39 is 6.04 Å². The number of carbonyl (C=O) groups excluding carboxylic acids is 1. The molecule has 0 radical (unpaired) electrons. The molecule has 0 aliphatic rings. The van der Waals surface area contributed by atoms with Gasteiger partial charge in [-0.3, -0.25) is 4.98 Å². The van der Waals surface area contributed by atoms with Gasteiger partial charge in [-0.05, 0) is 41.1 Å². The van der Waals surface area contributed by atoms with Crippen LogP contribution in [0.25, 0.3) is 0 Å². The molecule has 0 spiro atoms. The summed E-state index contributed by atoms with van der Waals surface area (Å²) >= 11 is 3.36. The van der Waals surface area contributed by atoms with Crippen LogP contribution in [0.3, 0.4) is 0 Å². The van der Waals surface area contributed by atoms with Gasteiger partial charge in [0.15, 0.2) is 6.04 Å². The number of rotatable bonds is 5. The van der Waals surface area contributed by atoms with Crippen molar-refractivity contribution in [2.45, 2.75) is 13.0 Å². The molecule has 0 bridgehead atoms. The molecule has 20 heavy (non-hydrogen) atoms. The van der Waals surface area contributed by atoms with Gasteiger partial charge in [-0.25, -0.2) is 4.79 Å². The summed E-state index contributed by atoms with van der Waals surface area (Å²) in [5.74, 6) is -0.323. The van der Waals surface area contributed by atoms with Crippen molar-refractivity contribution in [2.75, 3.05) is 11.9 Å². The summed E-state index contributed by atoms with van der Waals surface area (Å²) in [5.41, 5.74) is 1.60. The average molecular weight is 335 g/mol. The quantitative estimate of drug-likeness (QED) is 0.849. The fourth-order valence-electron chi connectivity index (χ4n) is 1.79. The summed E-state index contributed by atoms with van der Waals surface area (Å²) in [6.07, 6.45) is 3.33. The lowest BCUT2D eigenvalue weighted by atomic mass is 10.1. The fraction of sp³-hybridized carbons (Fsp3) is 0.200. The van der Waals surface area contributed by atoms with Crippen molar-refractivity contribution >= 4 is 27.6 Å². The summed E-state index contributed by atoms with van der Waals surface area (Å²) in [5, 5.41) is 3.17. The molecule has 0 amide bonds. The Morgan fingerprint density at radius 3 is 2.75 bits per heavy atom. The lowest BCUT2D eigenvalue weighted by Gasteiger charge is -2.18. The molecule has 0 saturated carbocycles. The molecule has 1 aromatic heterocycles. The topological polar surface area (TPSA) is 51.2 Å². The van der Waals surface area contributed by atoms with Crippen LogP contribution < -0.4 is 5.32 Å². The summed E-state index contributed by atoms with van der Waals surface area (Å²) < 4.78 is 5.94. The highest BCUT2D eigenvalue weighted by molar-refractivity contribution is 9.10. The van der Waals surface area contributed by atoms with Gasteiger partial charge in [0.25, 0.3) is 0 Å². The van der Waals surface area contributed by atoms with Crippen molar-refractivity contribution in [1.82, 2.24) is 4.98 Å². The van der Waals surface area contributed by atoms with Gasteiger partial charge in [-0.2, -0.15) is 0 Å². The van der Waals surface area contributed by atoms with Gasteiger partial charge >= 0.3 is 5.97 Å². The molecule has 2 aromatic rings. The zero-order valence-corrected chi connectivity index (χ0v) is 12.6. The van der Waals surface area contributed by atoms with Gasteiger partial charge in [0.2, 0.25) is 0 Å². The second kappa shape index (κ2) is 7.05. The smallest absolute Gasteiger partial charge is 0.333 e. The summed E-state index contributed by atoms with van der Waals surface area (Å²) in [7, 11) is 0. The standard InChI is InChI=1S/C15H15BrN2O2/c1-2-20-15(19)14(11-8-12(16)10-17-9-11)18-13-6-4-3-5-7-13/h3-10,14,18H,2H2,1H3. The SMILES string of the molecule is CCOC(=O)C(Nc1ccccc1)c1cncc(Br)c1. The van der Waals surface area contributed by atoms with Gasteiger partial charge in [0.1, 0.15) is 0 Å². The number of pyridine rings is 1. The van der Waals surface area contributed by atoms with Crippen molar-refractivity contribution in [2.24, 2.45) is 0 Å². The third kappa shape index (κ3) is 3.81. The normalized spacial score (nSPS) is 11.7. The highest BCUT2D eigenvalue weighted by Crippen LogP contribution is 2.22. The minimum absolute atomic E-state index is 0.323. The van der Waals surface area contributed by atoms with Crippen molar-refractivity contribution in [3.05, 3.63) is 58.8 Å². The Hall–Kier alpha value is -1.88. The molecule has 0 fully saturated rings. The zero-order valence-electron chi connectivity index (χ0n) is 11.0. The minimum atomic E-state index is -0.581. The van der Waals surface area contributed by atoms with Crippen molar-refractivity contribution in [1.29, 1.82) is 0 Å². The molecule has 104 valence electrons. The largest absolute Gasteiger partial charge is 0.464 e. The number of hydrogen-bond donors (Lipinski definition) is 1. The summed E-state index contributed by atoms with van der Waals surface area (Å²) in [4.78, 5) is 16.2. The third-order valence-electron chi connectivity index (χ3n) is 2.67. The molecule has 0 aliphatic carbocycles. The minimum Gasteiger partial charge on any atom is -0.464 e. The Bertz CT molecular complexity index is 575. The molecule has 1 unspecified atom stereocenters. The van der Waals surface area contributed by atoms with Gasteiger partial charge in [0.05, 0.1) is 6.61 Å². The number of nitrogens with zero attached hydrogens (tertiary/aromatic N) is 1. The van der Waals surface area contributed by atoms with E-state index >= 15 is 0 Å². The fourth-order valence-corrected chi connectivity index (χ4v) is 2.17. The van der Waals surface area contributed by atoms with Crippen molar-refractivity contribution in [3.8, 4) is 0 Å². The van der Waals surface area contributed by atoms with Gasteiger partial charge in [0, 0.05) is 28.1 Å². The van der Waals surface area contributed by atoms with E-state index in [0.717, 1.165) is 15.7 Å². The van der Waals surface area contributed by atoms with Crippen LogP contribution in [-0.2, 0) is 9.53 Å². The number of nitrogens with one attached hydrogen (secondary N) is 1. The molecule has 0 saturated heterocycles. The van der Waals surface area contributed by atoms with Crippen LogP contribution >= 0.6 is 15.9 Å². The number of esters is 1. The number of para-hydroxylation sites is 1. The predicted octanol–water partition coefficient (Wildman–Crippen LogP) is 3.56. The van der Waals surface area contributed by atoms with Gasteiger partial charge in [-0.1, -0.05) is 18.2 Å². The van der Waals surface area contributed by atoms with E-state index in [1.54, 1.807) is 19.3 Å². The monoisotopic (exact) mass is 334 g/mol. The lowest BCUT2D eigenvalue weighted by Crippen LogP contribution is -2.23. The first-order chi connectivity index (χ1) is 9.70. The number of benzene rings is 1. The maximum atomic E-state index is 12.1. The third-order valence-corrected chi connectivity index (χ3v) is 3.10. The maximum absolute atomic E-state index is 12.1. The first-order valence-corrected chi connectivity index (χ1v) is 7.08. The number of carbonyl (C=O) groups is 1. The van der Waals surface area contributed by atoms with E-state index in [-0.39, 0.29) is 5.97 Å². The summed E-state index contributed by atoms with van der Waals surface area (Å²) in [6.45, 7) is 2.13. The maximum Gasteiger partial charge on any atom is 0.333 e. The van der Waals surface area contributed by atoms with Crippen molar-refractivity contribution in [3.63, 3.8) is 0 Å². The Kier molecular flexibility index (Phi) is 5.12. The molecular formula is C15H15BrN2O2. The molecular weight excluding hydrogens is 320 g/mol. The van der Waals surface area contributed by atoms with E-state index in [4.69, 9.17) is 4.74 Å². The van der Waals surface area contributed by atoms with E-state index in [0.29, 0.717) is 6.61 Å². The Morgan fingerprint density at radius 2 is 2.10 bits per heavy atom. The highest BCUT2D eigenvalue weighted by atomic mass is 79.9. The number of ether oxygens (including phenoxy) is 1.